The molecule has 154 valence electrons. The van der Waals surface area contributed by atoms with Crippen LogP contribution in [0.15, 0.2) is 36.5 Å². The smallest absolute Gasteiger partial charge is 0.335 e. The van der Waals surface area contributed by atoms with E-state index in [0.717, 1.165) is 23.1 Å². The SMILES string of the molecule is O=C(Nc1ccc(Cl)nc1)[C@@H]1CN(c2ccc([N+](=O)[O-])c(Cl)c2)[C@@H](C(F)(F)F)O1. The number of rotatable bonds is 4. The van der Waals surface area contributed by atoms with Gasteiger partial charge in [0.25, 0.3) is 11.6 Å². The Labute approximate surface area is 171 Å². The van der Waals surface area contributed by atoms with Gasteiger partial charge in [-0.1, -0.05) is 23.2 Å². The van der Waals surface area contributed by atoms with Crippen molar-refractivity contribution in [2.24, 2.45) is 0 Å². The fraction of sp³-hybridized carbons (Fsp3) is 0.250. The molecule has 3 rings (SSSR count). The fourth-order valence-corrected chi connectivity index (χ4v) is 3.04. The summed E-state index contributed by atoms with van der Waals surface area (Å²) in [7, 11) is 0. The highest BCUT2D eigenvalue weighted by atomic mass is 35.5. The number of hydrogen-bond donors (Lipinski definition) is 1. The maximum atomic E-state index is 13.4. The quantitative estimate of drug-likeness (QED) is 0.429. The molecular weight excluding hydrogens is 440 g/mol. The molecule has 13 heteroatoms. The average molecular weight is 451 g/mol. The second kappa shape index (κ2) is 8.01. The van der Waals surface area contributed by atoms with Gasteiger partial charge in [-0.2, -0.15) is 13.2 Å². The number of amides is 1. The molecule has 0 saturated carbocycles. The maximum Gasteiger partial charge on any atom is 0.433 e. The third-order valence-corrected chi connectivity index (χ3v) is 4.49. The minimum atomic E-state index is -4.83. The third-order valence-electron chi connectivity index (χ3n) is 3.97. The number of aromatic nitrogens is 1. The van der Waals surface area contributed by atoms with Gasteiger partial charge in [-0.3, -0.25) is 14.9 Å². The lowest BCUT2D eigenvalue weighted by molar-refractivity contribution is -0.384. The molecule has 1 fully saturated rings. The summed E-state index contributed by atoms with van der Waals surface area (Å²) in [4.78, 5) is 27.0. The number of nitrogens with zero attached hydrogens (tertiary/aromatic N) is 3. The Hall–Kier alpha value is -2.63. The van der Waals surface area contributed by atoms with Gasteiger partial charge in [-0.25, -0.2) is 4.98 Å². The zero-order chi connectivity index (χ0) is 21.3. The molecule has 8 nitrogen and oxygen atoms in total. The zero-order valence-electron chi connectivity index (χ0n) is 14.2. The Kier molecular flexibility index (Phi) is 5.82. The van der Waals surface area contributed by atoms with Gasteiger partial charge in [-0.05, 0) is 24.3 Å². The van der Waals surface area contributed by atoms with Crippen LogP contribution in [0.2, 0.25) is 10.2 Å². The monoisotopic (exact) mass is 450 g/mol. The molecular formula is C16H11Cl2F3N4O4. The van der Waals surface area contributed by atoms with Crippen LogP contribution in [-0.4, -0.2) is 40.9 Å². The van der Waals surface area contributed by atoms with Crippen molar-refractivity contribution >= 4 is 46.2 Å². The van der Waals surface area contributed by atoms with Crippen LogP contribution in [-0.2, 0) is 9.53 Å². The largest absolute Gasteiger partial charge is 0.433 e. The molecule has 29 heavy (non-hydrogen) atoms. The van der Waals surface area contributed by atoms with Gasteiger partial charge in [0.05, 0.1) is 23.4 Å². The zero-order valence-corrected chi connectivity index (χ0v) is 15.7. The number of anilines is 2. The number of carbonyl (C=O) groups excluding carboxylic acids is 1. The Bertz CT molecular complexity index is 943. The van der Waals surface area contributed by atoms with E-state index in [2.05, 4.69) is 10.3 Å². The highest BCUT2D eigenvalue weighted by Gasteiger charge is 2.52. The van der Waals surface area contributed by atoms with Crippen molar-refractivity contribution in [3.8, 4) is 0 Å². The first-order valence-corrected chi connectivity index (χ1v) is 8.67. The van der Waals surface area contributed by atoms with Crippen LogP contribution in [0.5, 0.6) is 0 Å². The van der Waals surface area contributed by atoms with Crippen LogP contribution in [0.4, 0.5) is 30.2 Å². The standard InChI is InChI=1S/C16H11Cl2F3N4O4/c17-10-5-9(2-3-11(10)25(27)28)24-7-12(29-15(24)16(19,20)21)14(26)23-8-1-4-13(18)22-6-8/h1-6,12,15H,7H2,(H,23,26)/t12-,15+/m0/s1. The lowest BCUT2D eigenvalue weighted by Gasteiger charge is -2.26. The van der Waals surface area contributed by atoms with E-state index >= 15 is 0 Å². The van der Waals surface area contributed by atoms with Gasteiger partial charge in [0.1, 0.15) is 10.2 Å². The van der Waals surface area contributed by atoms with Crippen LogP contribution in [0.1, 0.15) is 0 Å². The predicted octanol–water partition coefficient (Wildman–Crippen LogP) is 4.03. The van der Waals surface area contributed by atoms with Crippen molar-refractivity contribution in [1.29, 1.82) is 0 Å². The van der Waals surface area contributed by atoms with Crippen LogP contribution in [0.25, 0.3) is 0 Å². The number of alkyl halides is 3. The summed E-state index contributed by atoms with van der Waals surface area (Å²) in [5.74, 6) is -0.820. The van der Waals surface area contributed by atoms with Crippen molar-refractivity contribution in [3.63, 3.8) is 0 Å². The molecule has 2 atom stereocenters. The summed E-state index contributed by atoms with van der Waals surface area (Å²) < 4.78 is 45.3. The van der Waals surface area contributed by atoms with Gasteiger partial charge in [0.2, 0.25) is 6.23 Å². The molecule has 0 unspecified atom stereocenters. The van der Waals surface area contributed by atoms with Crippen molar-refractivity contribution in [2.75, 3.05) is 16.8 Å². The summed E-state index contributed by atoms with van der Waals surface area (Å²) in [5, 5.41) is 13.1. The molecule has 1 aliphatic rings. The molecule has 1 aromatic carbocycles. The van der Waals surface area contributed by atoms with E-state index in [1.54, 1.807) is 0 Å². The number of nitro benzene ring substituents is 1. The second-order valence-corrected chi connectivity index (χ2v) is 6.72. The van der Waals surface area contributed by atoms with Gasteiger partial charge < -0.3 is 15.0 Å². The summed E-state index contributed by atoms with van der Waals surface area (Å²) in [6.07, 6.45) is -7.49. The van der Waals surface area contributed by atoms with Crippen LogP contribution in [0, 0.1) is 10.1 Å². The van der Waals surface area contributed by atoms with Crippen LogP contribution < -0.4 is 10.2 Å². The number of hydrogen-bond acceptors (Lipinski definition) is 6. The first-order chi connectivity index (χ1) is 13.6. The van der Waals surface area contributed by atoms with E-state index in [4.69, 9.17) is 27.9 Å². The highest BCUT2D eigenvalue weighted by molar-refractivity contribution is 6.33. The van der Waals surface area contributed by atoms with Crippen LogP contribution >= 0.6 is 23.2 Å². The Morgan fingerprint density at radius 1 is 1.31 bits per heavy atom. The Morgan fingerprint density at radius 3 is 2.59 bits per heavy atom. The molecule has 1 aromatic heterocycles. The van der Waals surface area contributed by atoms with Crippen molar-refractivity contribution in [3.05, 3.63) is 56.8 Å². The van der Waals surface area contributed by atoms with E-state index in [9.17, 15) is 28.1 Å². The molecule has 2 heterocycles. The minimum Gasteiger partial charge on any atom is -0.335 e. The molecule has 1 aliphatic heterocycles. The molecule has 0 bridgehead atoms. The Balaban J connectivity index is 1.83. The van der Waals surface area contributed by atoms with Gasteiger partial charge in [-0.15, -0.1) is 0 Å². The number of benzene rings is 1. The van der Waals surface area contributed by atoms with Gasteiger partial charge in [0.15, 0.2) is 6.10 Å². The topological polar surface area (TPSA) is 97.6 Å². The van der Waals surface area contributed by atoms with Crippen molar-refractivity contribution < 1.29 is 27.6 Å². The van der Waals surface area contributed by atoms with Crippen molar-refractivity contribution in [2.45, 2.75) is 18.5 Å². The number of halogens is 5. The van der Waals surface area contributed by atoms with E-state index in [1.165, 1.54) is 18.3 Å². The maximum absolute atomic E-state index is 13.4. The first-order valence-electron chi connectivity index (χ1n) is 7.91. The summed E-state index contributed by atoms with van der Waals surface area (Å²) in [6.45, 7) is -0.453. The van der Waals surface area contributed by atoms with E-state index in [1.807, 2.05) is 0 Å². The third kappa shape index (κ3) is 4.69. The lowest BCUT2D eigenvalue weighted by atomic mass is 10.2. The highest BCUT2D eigenvalue weighted by Crippen LogP contribution is 2.37. The van der Waals surface area contributed by atoms with E-state index in [-0.39, 0.29) is 21.6 Å². The normalized spacial score (nSPS) is 19.3. The molecule has 0 spiro atoms. The van der Waals surface area contributed by atoms with E-state index < -0.39 is 41.6 Å². The first kappa shape index (κ1) is 21.1. The summed E-state index contributed by atoms with van der Waals surface area (Å²) in [6, 6.07) is 5.94. The number of nitro groups is 1. The molecule has 1 N–H and O–H groups in total. The summed E-state index contributed by atoms with van der Waals surface area (Å²) in [5.41, 5.74) is -0.307. The molecule has 2 aromatic rings. The van der Waals surface area contributed by atoms with E-state index in [0.29, 0.717) is 0 Å². The molecule has 0 radical (unpaired) electrons. The second-order valence-electron chi connectivity index (χ2n) is 5.92. The number of carbonyl (C=O) groups is 1. The summed E-state index contributed by atoms with van der Waals surface area (Å²) >= 11 is 11.4. The molecule has 1 amide bonds. The fourth-order valence-electron chi connectivity index (χ4n) is 2.68. The average Bonchev–Trinajstić information content (AvgIpc) is 3.09. The predicted molar refractivity (Wildman–Crippen MR) is 98.0 cm³/mol. The minimum absolute atomic E-state index is 0.0774. The van der Waals surface area contributed by atoms with Gasteiger partial charge in [0, 0.05) is 11.8 Å². The van der Waals surface area contributed by atoms with Crippen molar-refractivity contribution in [1.82, 2.24) is 4.98 Å². The van der Waals surface area contributed by atoms with Gasteiger partial charge >= 0.3 is 6.18 Å². The lowest BCUT2D eigenvalue weighted by Crippen LogP contribution is -2.42. The molecule has 1 saturated heterocycles. The number of nitrogens with one attached hydrogen (secondary N) is 1. The van der Waals surface area contributed by atoms with Crippen LogP contribution in [0.3, 0.4) is 0 Å². The Morgan fingerprint density at radius 2 is 2.03 bits per heavy atom. The molecule has 0 aliphatic carbocycles. The number of ether oxygens (including phenoxy) is 1. The number of pyridine rings is 1.